The molecule has 0 aliphatic heterocycles. The molecule has 0 rings (SSSR count). The first kappa shape index (κ1) is 15.5. The van der Waals surface area contributed by atoms with Gasteiger partial charge in [-0.2, -0.15) is 4.39 Å². The van der Waals surface area contributed by atoms with E-state index in [1.165, 1.54) is 6.08 Å². The molecule has 0 radical (unpaired) electrons. The second kappa shape index (κ2) is 8.61. The van der Waals surface area contributed by atoms with Crippen molar-refractivity contribution in [2.45, 2.75) is 13.8 Å². The fourth-order valence-electron chi connectivity index (χ4n) is 0.491. The highest BCUT2D eigenvalue weighted by Crippen LogP contribution is 2.08. The van der Waals surface area contributed by atoms with E-state index >= 15 is 0 Å². The van der Waals surface area contributed by atoms with E-state index in [2.05, 4.69) is 6.58 Å². The van der Waals surface area contributed by atoms with E-state index in [1.807, 2.05) is 0 Å². The molecule has 5 nitrogen and oxygen atoms in total. The summed E-state index contributed by atoms with van der Waals surface area (Å²) in [6.45, 7) is 5.77. The molecule has 1 N–H and O–H groups in total. The Morgan fingerprint density at radius 1 is 1.60 bits per heavy atom. The zero-order valence-corrected chi connectivity index (χ0v) is 8.44. The van der Waals surface area contributed by atoms with Crippen molar-refractivity contribution in [3.8, 4) is 0 Å². The number of halogens is 1. The Kier molecular flexibility index (Phi) is 8.89. The number of carboxylic acid groups (broad SMARTS) is 1. The van der Waals surface area contributed by atoms with Crippen LogP contribution in [0.1, 0.15) is 13.8 Å². The maximum Gasteiger partial charge on any atom is 0.304 e. The van der Waals surface area contributed by atoms with Crippen molar-refractivity contribution >= 4 is 5.97 Å². The van der Waals surface area contributed by atoms with Crippen molar-refractivity contribution in [3.05, 3.63) is 46.4 Å². The number of hydrogen-bond acceptors (Lipinski definition) is 3. The van der Waals surface area contributed by atoms with Gasteiger partial charge in [-0.05, 0) is 13.0 Å². The van der Waals surface area contributed by atoms with Crippen molar-refractivity contribution in [1.29, 1.82) is 0 Å². The predicted molar refractivity (Wildman–Crippen MR) is 53.4 cm³/mol. The molecule has 0 atom stereocenters. The molecular weight excluding hydrogens is 205 g/mol. The minimum Gasteiger partial charge on any atom is -0.481 e. The highest BCUT2D eigenvalue weighted by Gasteiger charge is 2.10. The smallest absolute Gasteiger partial charge is 0.304 e. The van der Waals surface area contributed by atoms with E-state index in [-0.39, 0.29) is 0 Å². The Morgan fingerprint density at radius 3 is 2.20 bits per heavy atom. The van der Waals surface area contributed by atoms with Crippen LogP contribution in [0.15, 0.2) is 36.3 Å². The number of carboxylic acids is 1. The number of aliphatic carboxylic acids is 1. The topological polar surface area (TPSA) is 80.4 Å². The summed E-state index contributed by atoms with van der Waals surface area (Å²) >= 11 is 0. The number of nitrogens with zero attached hydrogens (tertiary/aromatic N) is 1. The molecule has 0 aromatic carbocycles. The standard InChI is InChI=1S/C7H8FNO2.C2H4O2/c1-3-5-6(8)7(4-2)9(10)11;1-2(3)4/h3-5H,2H2,1H3;1H3,(H,3,4)/b5-3-,7-6-;. The molecule has 0 amide bonds. The van der Waals surface area contributed by atoms with Crippen LogP contribution in [0.3, 0.4) is 0 Å². The number of nitro groups is 1. The summed E-state index contributed by atoms with van der Waals surface area (Å²) in [5.41, 5.74) is -0.608. The summed E-state index contributed by atoms with van der Waals surface area (Å²) in [7, 11) is 0. The SMILES string of the molecule is C=C/C(=C(F)\C=C/C)[N+](=O)[O-].CC(=O)O. The van der Waals surface area contributed by atoms with Gasteiger partial charge in [-0.25, -0.2) is 0 Å². The lowest BCUT2D eigenvalue weighted by molar-refractivity contribution is -0.420. The van der Waals surface area contributed by atoms with Gasteiger partial charge < -0.3 is 5.11 Å². The molecular formula is C9H12FNO4. The van der Waals surface area contributed by atoms with E-state index in [0.29, 0.717) is 0 Å². The molecule has 15 heavy (non-hydrogen) atoms. The van der Waals surface area contributed by atoms with Gasteiger partial charge in [0.05, 0.1) is 4.92 Å². The minimum absolute atomic E-state index is 0.608. The van der Waals surface area contributed by atoms with Crippen LogP contribution in [0.5, 0.6) is 0 Å². The lowest BCUT2D eigenvalue weighted by Crippen LogP contribution is -1.96. The van der Waals surface area contributed by atoms with Crippen LogP contribution in [0.4, 0.5) is 4.39 Å². The highest BCUT2D eigenvalue weighted by atomic mass is 19.1. The molecule has 84 valence electrons. The molecule has 6 heteroatoms. The van der Waals surface area contributed by atoms with Gasteiger partial charge in [-0.15, -0.1) is 0 Å². The molecule has 0 aliphatic carbocycles. The van der Waals surface area contributed by atoms with Crippen LogP contribution in [-0.2, 0) is 4.79 Å². The van der Waals surface area contributed by atoms with Gasteiger partial charge >= 0.3 is 5.70 Å². The van der Waals surface area contributed by atoms with Gasteiger partial charge in [0.1, 0.15) is 0 Å². The van der Waals surface area contributed by atoms with Gasteiger partial charge in [0.25, 0.3) is 5.97 Å². The van der Waals surface area contributed by atoms with Crippen LogP contribution in [0.25, 0.3) is 0 Å². The normalized spacial score (nSPS) is 11.1. The quantitative estimate of drug-likeness (QED) is 0.446. The van der Waals surface area contributed by atoms with Gasteiger partial charge in [-0.1, -0.05) is 12.7 Å². The van der Waals surface area contributed by atoms with Gasteiger partial charge in [0.2, 0.25) is 0 Å². The average molecular weight is 217 g/mol. The molecule has 0 spiro atoms. The van der Waals surface area contributed by atoms with Gasteiger partial charge in [0.15, 0.2) is 5.83 Å². The van der Waals surface area contributed by atoms with Crippen LogP contribution in [0.2, 0.25) is 0 Å². The van der Waals surface area contributed by atoms with Crippen molar-refractivity contribution in [2.75, 3.05) is 0 Å². The fourth-order valence-corrected chi connectivity index (χ4v) is 0.491. The third-order valence-corrected chi connectivity index (χ3v) is 0.948. The maximum atomic E-state index is 12.6. The predicted octanol–water partition coefficient (Wildman–Crippen LogP) is 2.30. The van der Waals surface area contributed by atoms with Crippen molar-refractivity contribution in [3.63, 3.8) is 0 Å². The molecule has 0 saturated heterocycles. The van der Waals surface area contributed by atoms with Crippen LogP contribution < -0.4 is 0 Å². The molecule has 0 aromatic rings. The lowest BCUT2D eigenvalue weighted by atomic mass is 10.3. The molecule has 0 aliphatic rings. The largest absolute Gasteiger partial charge is 0.481 e. The van der Waals surface area contributed by atoms with Crippen molar-refractivity contribution < 1.29 is 19.2 Å². The Labute approximate surface area is 86.4 Å². The first-order chi connectivity index (χ1) is 6.86. The van der Waals surface area contributed by atoms with Crippen LogP contribution in [-0.4, -0.2) is 16.0 Å². The lowest BCUT2D eigenvalue weighted by Gasteiger charge is -1.89. The van der Waals surface area contributed by atoms with Gasteiger partial charge in [0, 0.05) is 13.0 Å². The zero-order chi connectivity index (χ0) is 12.4. The Morgan fingerprint density at radius 2 is 2.00 bits per heavy atom. The van der Waals surface area contributed by atoms with Crippen molar-refractivity contribution in [1.82, 2.24) is 0 Å². The zero-order valence-electron chi connectivity index (χ0n) is 8.44. The fraction of sp³-hybridized carbons (Fsp3) is 0.222. The Balaban J connectivity index is 0. The summed E-state index contributed by atoms with van der Waals surface area (Å²) < 4.78 is 12.6. The first-order valence-electron chi connectivity index (χ1n) is 3.85. The second-order valence-corrected chi connectivity index (χ2v) is 2.21. The third-order valence-electron chi connectivity index (χ3n) is 0.948. The number of carbonyl (C=O) groups is 1. The summed E-state index contributed by atoms with van der Waals surface area (Å²) in [6.07, 6.45) is 3.26. The number of rotatable bonds is 3. The maximum absolute atomic E-state index is 12.6. The summed E-state index contributed by atoms with van der Waals surface area (Å²) in [4.78, 5) is 18.2. The number of allylic oxidation sites excluding steroid dienone is 4. The molecule has 0 saturated carbocycles. The third kappa shape index (κ3) is 9.94. The molecule has 0 heterocycles. The second-order valence-electron chi connectivity index (χ2n) is 2.21. The highest BCUT2D eigenvalue weighted by molar-refractivity contribution is 5.62. The summed E-state index contributed by atoms with van der Waals surface area (Å²) in [5.74, 6) is -1.72. The van der Waals surface area contributed by atoms with E-state index in [1.54, 1.807) is 6.92 Å². The van der Waals surface area contributed by atoms with E-state index in [9.17, 15) is 14.5 Å². The Hall–Kier alpha value is -1.98. The van der Waals surface area contributed by atoms with Crippen LogP contribution in [0, 0.1) is 10.1 Å². The first-order valence-corrected chi connectivity index (χ1v) is 3.85. The molecule has 0 bridgehead atoms. The van der Waals surface area contributed by atoms with Crippen molar-refractivity contribution in [2.24, 2.45) is 0 Å². The number of hydrogen-bond donors (Lipinski definition) is 1. The summed E-state index contributed by atoms with van der Waals surface area (Å²) in [6, 6.07) is 0. The Bertz CT molecular complexity index is 303. The van der Waals surface area contributed by atoms with E-state index in [0.717, 1.165) is 19.1 Å². The molecule has 0 fully saturated rings. The van der Waals surface area contributed by atoms with Gasteiger partial charge in [-0.3, -0.25) is 14.9 Å². The minimum atomic E-state index is -0.882. The monoisotopic (exact) mass is 217 g/mol. The van der Waals surface area contributed by atoms with Crippen LogP contribution >= 0.6 is 0 Å². The van der Waals surface area contributed by atoms with E-state index in [4.69, 9.17) is 9.90 Å². The van der Waals surface area contributed by atoms with E-state index < -0.39 is 22.4 Å². The summed E-state index contributed by atoms with van der Waals surface area (Å²) in [5, 5.41) is 17.5. The molecule has 0 aromatic heterocycles. The molecule has 0 unspecified atom stereocenters. The average Bonchev–Trinajstić information content (AvgIpc) is 2.03.